The molecule has 1 atom stereocenters. The van der Waals surface area contributed by atoms with E-state index in [0.29, 0.717) is 11.7 Å². The number of hydrogen-bond acceptors (Lipinski definition) is 5. The van der Waals surface area contributed by atoms with Gasteiger partial charge in [-0.25, -0.2) is 5.01 Å². The SMILES string of the molecule is NN1CC[C@H]1c1nc(-c2ccc(-c3ccccc3)cc2)no1. The molecule has 2 aromatic carbocycles. The maximum atomic E-state index is 5.79. The highest BCUT2D eigenvalue weighted by Crippen LogP contribution is 2.30. The zero-order valence-electron chi connectivity index (χ0n) is 12.0. The van der Waals surface area contributed by atoms with Crippen molar-refractivity contribution in [3.8, 4) is 22.5 Å². The van der Waals surface area contributed by atoms with Crippen LogP contribution < -0.4 is 5.84 Å². The predicted molar refractivity (Wildman–Crippen MR) is 83.4 cm³/mol. The molecular formula is C17H16N4O. The van der Waals surface area contributed by atoms with Crippen LogP contribution >= 0.6 is 0 Å². The Kier molecular flexibility index (Phi) is 3.21. The second-order valence-electron chi connectivity index (χ2n) is 5.44. The van der Waals surface area contributed by atoms with Gasteiger partial charge >= 0.3 is 0 Å². The van der Waals surface area contributed by atoms with E-state index in [1.165, 1.54) is 11.1 Å². The van der Waals surface area contributed by atoms with Gasteiger partial charge in [0, 0.05) is 12.1 Å². The first-order valence-corrected chi connectivity index (χ1v) is 7.32. The Hall–Kier alpha value is -2.50. The van der Waals surface area contributed by atoms with Gasteiger partial charge < -0.3 is 4.52 Å². The highest BCUT2D eigenvalue weighted by atomic mass is 16.5. The van der Waals surface area contributed by atoms with Crippen molar-refractivity contribution in [1.82, 2.24) is 15.1 Å². The maximum absolute atomic E-state index is 5.79. The number of rotatable bonds is 3. The minimum absolute atomic E-state index is 0.0600. The fourth-order valence-electron chi connectivity index (χ4n) is 2.60. The van der Waals surface area contributed by atoms with E-state index in [1.54, 1.807) is 5.01 Å². The topological polar surface area (TPSA) is 68.2 Å². The Morgan fingerprint density at radius 2 is 1.64 bits per heavy atom. The highest BCUT2D eigenvalue weighted by Gasteiger charge is 2.31. The number of nitrogens with zero attached hydrogens (tertiary/aromatic N) is 3. The van der Waals surface area contributed by atoms with Crippen LogP contribution in [0.15, 0.2) is 59.1 Å². The zero-order chi connectivity index (χ0) is 14.9. The lowest BCUT2D eigenvalue weighted by Gasteiger charge is -2.33. The van der Waals surface area contributed by atoms with Crippen LogP contribution in [0.5, 0.6) is 0 Å². The average Bonchev–Trinajstić information content (AvgIpc) is 3.03. The van der Waals surface area contributed by atoms with Gasteiger partial charge in [-0.1, -0.05) is 59.8 Å². The van der Waals surface area contributed by atoms with E-state index in [4.69, 9.17) is 10.4 Å². The predicted octanol–water partition coefficient (Wildman–Crippen LogP) is 3.02. The number of hydrogen-bond donors (Lipinski definition) is 1. The molecule has 1 fully saturated rings. The van der Waals surface area contributed by atoms with E-state index in [1.807, 2.05) is 30.3 Å². The summed E-state index contributed by atoms with van der Waals surface area (Å²) in [5.41, 5.74) is 3.30. The van der Waals surface area contributed by atoms with Crippen LogP contribution in [0.1, 0.15) is 18.4 Å². The lowest BCUT2D eigenvalue weighted by molar-refractivity contribution is 0.0646. The van der Waals surface area contributed by atoms with Crippen molar-refractivity contribution in [2.45, 2.75) is 12.5 Å². The summed E-state index contributed by atoms with van der Waals surface area (Å²) < 4.78 is 5.33. The molecule has 2 N–H and O–H groups in total. The minimum Gasteiger partial charge on any atom is -0.337 e. The van der Waals surface area contributed by atoms with Crippen molar-refractivity contribution in [2.75, 3.05) is 6.54 Å². The monoisotopic (exact) mass is 292 g/mol. The van der Waals surface area contributed by atoms with E-state index >= 15 is 0 Å². The van der Waals surface area contributed by atoms with Crippen LogP contribution in [0.4, 0.5) is 0 Å². The zero-order valence-corrected chi connectivity index (χ0v) is 12.0. The molecule has 0 amide bonds. The molecule has 0 aliphatic carbocycles. The third-order valence-electron chi connectivity index (χ3n) is 4.04. The van der Waals surface area contributed by atoms with Crippen molar-refractivity contribution in [2.24, 2.45) is 5.84 Å². The summed E-state index contributed by atoms with van der Waals surface area (Å²) in [4.78, 5) is 4.46. The Labute approximate surface area is 128 Å². The van der Waals surface area contributed by atoms with Gasteiger partial charge in [0.25, 0.3) is 0 Å². The largest absolute Gasteiger partial charge is 0.337 e. The molecule has 0 unspecified atom stereocenters. The molecule has 1 aliphatic rings. The molecule has 22 heavy (non-hydrogen) atoms. The first-order chi connectivity index (χ1) is 10.8. The summed E-state index contributed by atoms with van der Waals surface area (Å²) >= 11 is 0. The lowest BCUT2D eigenvalue weighted by Crippen LogP contribution is -2.46. The Morgan fingerprint density at radius 3 is 2.27 bits per heavy atom. The summed E-state index contributed by atoms with van der Waals surface area (Å²) in [5.74, 6) is 6.99. The smallest absolute Gasteiger partial charge is 0.245 e. The van der Waals surface area contributed by atoms with Crippen molar-refractivity contribution >= 4 is 0 Å². The molecule has 0 radical (unpaired) electrons. The van der Waals surface area contributed by atoms with Gasteiger partial charge in [-0.05, 0) is 17.5 Å². The van der Waals surface area contributed by atoms with Gasteiger partial charge in [0.15, 0.2) is 0 Å². The normalized spacial score (nSPS) is 18.1. The first-order valence-electron chi connectivity index (χ1n) is 7.32. The van der Waals surface area contributed by atoms with Crippen LogP contribution in [-0.2, 0) is 0 Å². The molecule has 3 aromatic rings. The molecule has 1 saturated heterocycles. The van der Waals surface area contributed by atoms with Crippen molar-refractivity contribution in [3.63, 3.8) is 0 Å². The van der Waals surface area contributed by atoms with Crippen LogP contribution in [0.3, 0.4) is 0 Å². The van der Waals surface area contributed by atoms with E-state index in [2.05, 4.69) is 34.4 Å². The Balaban J connectivity index is 1.58. The van der Waals surface area contributed by atoms with Gasteiger partial charge in [0.05, 0.1) is 0 Å². The van der Waals surface area contributed by atoms with Crippen molar-refractivity contribution in [3.05, 3.63) is 60.5 Å². The Morgan fingerprint density at radius 1 is 0.955 bits per heavy atom. The summed E-state index contributed by atoms with van der Waals surface area (Å²) in [6.07, 6.45) is 0.963. The molecule has 1 aliphatic heterocycles. The minimum atomic E-state index is 0.0600. The van der Waals surface area contributed by atoms with E-state index < -0.39 is 0 Å². The van der Waals surface area contributed by atoms with Crippen LogP contribution in [-0.4, -0.2) is 21.7 Å². The molecule has 4 rings (SSSR count). The summed E-state index contributed by atoms with van der Waals surface area (Å²) in [7, 11) is 0. The lowest BCUT2D eigenvalue weighted by atomic mass is 10.0. The fraction of sp³-hybridized carbons (Fsp3) is 0.176. The quantitative estimate of drug-likeness (QED) is 0.751. The van der Waals surface area contributed by atoms with Crippen LogP contribution in [0, 0.1) is 0 Å². The summed E-state index contributed by atoms with van der Waals surface area (Å²) in [6, 6.07) is 18.5. The van der Waals surface area contributed by atoms with Crippen molar-refractivity contribution in [1.29, 1.82) is 0 Å². The van der Waals surface area contributed by atoms with Gasteiger partial charge in [0.2, 0.25) is 11.7 Å². The van der Waals surface area contributed by atoms with E-state index in [-0.39, 0.29) is 6.04 Å². The maximum Gasteiger partial charge on any atom is 0.245 e. The number of hydrazine groups is 1. The molecule has 1 aromatic heterocycles. The third kappa shape index (κ3) is 2.30. The molecule has 2 heterocycles. The molecule has 0 bridgehead atoms. The standard InChI is InChI=1S/C17H16N4O/c18-21-11-10-15(21)17-19-16(20-22-17)14-8-6-13(7-9-14)12-4-2-1-3-5-12/h1-9,15H,10-11,18H2/t15-/m0/s1. The average molecular weight is 292 g/mol. The second-order valence-corrected chi connectivity index (χ2v) is 5.44. The summed E-state index contributed by atoms with van der Waals surface area (Å²) in [5, 5.41) is 5.78. The second kappa shape index (κ2) is 5.36. The van der Waals surface area contributed by atoms with Gasteiger partial charge in [0.1, 0.15) is 6.04 Å². The molecule has 0 spiro atoms. The third-order valence-corrected chi connectivity index (χ3v) is 4.04. The van der Waals surface area contributed by atoms with Crippen LogP contribution in [0.25, 0.3) is 22.5 Å². The van der Waals surface area contributed by atoms with Gasteiger partial charge in [-0.3, -0.25) is 5.84 Å². The molecule has 110 valence electrons. The van der Waals surface area contributed by atoms with E-state index in [0.717, 1.165) is 18.5 Å². The van der Waals surface area contributed by atoms with Crippen molar-refractivity contribution < 1.29 is 4.52 Å². The van der Waals surface area contributed by atoms with Gasteiger partial charge in [-0.2, -0.15) is 4.98 Å². The summed E-state index contributed by atoms with van der Waals surface area (Å²) in [6.45, 7) is 0.869. The number of benzene rings is 2. The fourth-order valence-corrected chi connectivity index (χ4v) is 2.60. The van der Waals surface area contributed by atoms with Gasteiger partial charge in [-0.15, -0.1) is 0 Å². The van der Waals surface area contributed by atoms with Crippen LogP contribution in [0.2, 0.25) is 0 Å². The number of nitrogens with two attached hydrogens (primary N) is 1. The Bertz CT molecular complexity index is 767. The first kappa shape index (κ1) is 13.2. The molecule has 0 saturated carbocycles. The van der Waals surface area contributed by atoms with E-state index in [9.17, 15) is 0 Å². The number of aromatic nitrogens is 2. The molecule has 5 nitrogen and oxygen atoms in total. The highest BCUT2D eigenvalue weighted by molar-refractivity contribution is 5.67. The molecule has 5 heteroatoms. The molecular weight excluding hydrogens is 276 g/mol.